The maximum atomic E-state index is 13.3. The Morgan fingerprint density at radius 3 is 1.89 bits per heavy atom. The molecule has 0 aromatic heterocycles. The number of hydrogen-bond acceptors (Lipinski definition) is 5. The number of carbonyl (C=O) groups is 3. The van der Waals surface area contributed by atoms with Crippen molar-refractivity contribution in [3.8, 4) is 0 Å². The van der Waals surface area contributed by atoms with Crippen LogP contribution in [0, 0.1) is 18.3 Å². The van der Waals surface area contributed by atoms with Crippen molar-refractivity contribution in [2.45, 2.75) is 26.7 Å². The van der Waals surface area contributed by atoms with Gasteiger partial charge in [0.2, 0.25) is 0 Å². The van der Waals surface area contributed by atoms with Crippen LogP contribution in [-0.4, -0.2) is 30.9 Å². The molecule has 0 heterocycles. The van der Waals surface area contributed by atoms with Gasteiger partial charge in [-0.15, -0.1) is 0 Å². The predicted octanol–water partition coefficient (Wildman–Crippen LogP) is 3.70. The van der Waals surface area contributed by atoms with Gasteiger partial charge in [-0.2, -0.15) is 0 Å². The second kappa shape index (κ2) is 7.97. The molecule has 1 saturated carbocycles. The van der Waals surface area contributed by atoms with E-state index < -0.39 is 29.2 Å². The number of ether oxygens (including phenoxy) is 2. The highest BCUT2D eigenvalue weighted by atomic mass is 16.6. The van der Waals surface area contributed by atoms with E-state index in [1.165, 1.54) is 0 Å². The van der Waals surface area contributed by atoms with E-state index >= 15 is 0 Å². The van der Waals surface area contributed by atoms with Gasteiger partial charge in [0.1, 0.15) is 0 Å². The van der Waals surface area contributed by atoms with Crippen molar-refractivity contribution in [1.82, 2.24) is 0 Å². The molecule has 0 saturated heterocycles. The van der Waals surface area contributed by atoms with Crippen LogP contribution in [0.5, 0.6) is 0 Å². The Labute approximate surface area is 164 Å². The fourth-order valence-electron chi connectivity index (χ4n) is 3.85. The first-order valence-corrected chi connectivity index (χ1v) is 9.48. The Balaban J connectivity index is 2.11. The Bertz CT molecular complexity index is 852. The molecular weight excluding hydrogens is 356 g/mol. The summed E-state index contributed by atoms with van der Waals surface area (Å²) in [5.41, 5.74) is 0.614. The van der Waals surface area contributed by atoms with Gasteiger partial charge >= 0.3 is 11.9 Å². The third-order valence-corrected chi connectivity index (χ3v) is 5.21. The van der Waals surface area contributed by atoms with Crippen LogP contribution in [0.15, 0.2) is 54.6 Å². The minimum Gasteiger partial charge on any atom is -0.465 e. The number of aryl methyl sites for hydroxylation is 1. The lowest BCUT2D eigenvalue weighted by Crippen LogP contribution is -2.34. The van der Waals surface area contributed by atoms with Gasteiger partial charge in [0, 0.05) is 11.5 Å². The summed E-state index contributed by atoms with van der Waals surface area (Å²) in [6.07, 6.45) is 0. The SMILES string of the molecule is CCOC(=O)C1(C(=O)OCC)C(C(=O)c2ccccc2)C1c1ccc(C)cc1. The van der Waals surface area contributed by atoms with Crippen LogP contribution in [-0.2, 0) is 19.1 Å². The normalized spacial score (nSPS) is 19.5. The fraction of sp³-hybridized carbons (Fsp3) is 0.348. The van der Waals surface area contributed by atoms with Crippen molar-refractivity contribution in [3.63, 3.8) is 0 Å². The van der Waals surface area contributed by atoms with Crippen molar-refractivity contribution in [2.75, 3.05) is 13.2 Å². The van der Waals surface area contributed by atoms with Crippen molar-refractivity contribution < 1.29 is 23.9 Å². The van der Waals surface area contributed by atoms with E-state index in [0.717, 1.165) is 11.1 Å². The average molecular weight is 380 g/mol. The molecule has 2 aromatic carbocycles. The maximum absolute atomic E-state index is 13.3. The molecule has 2 unspecified atom stereocenters. The number of rotatable bonds is 7. The van der Waals surface area contributed by atoms with Crippen molar-refractivity contribution in [2.24, 2.45) is 11.3 Å². The quantitative estimate of drug-likeness (QED) is 0.416. The molecule has 0 amide bonds. The number of carbonyl (C=O) groups excluding carboxylic acids is 3. The van der Waals surface area contributed by atoms with Crippen LogP contribution in [0.1, 0.15) is 41.3 Å². The van der Waals surface area contributed by atoms with Crippen LogP contribution >= 0.6 is 0 Å². The lowest BCUT2D eigenvalue weighted by Gasteiger charge is -2.15. The Morgan fingerprint density at radius 2 is 1.39 bits per heavy atom. The van der Waals surface area contributed by atoms with Crippen molar-refractivity contribution in [3.05, 3.63) is 71.3 Å². The van der Waals surface area contributed by atoms with Gasteiger partial charge in [-0.05, 0) is 26.3 Å². The minimum absolute atomic E-state index is 0.118. The van der Waals surface area contributed by atoms with Gasteiger partial charge in [0.15, 0.2) is 11.2 Å². The lowest BCUT2D eigenvalue weighted by molar-refractivity contribution is -0.165. The summed E-state index contributed by atoms with van der Waals surface area (Å²) in [6.45, 7) is 5.54. The van der Waals surface area contributed by atoms with E-state index in [2.05, 4.69) is 0 Å². The third kappa shape index (κ3) is 3.21. The standard InChI is InChI=1S/C23H24O5/c1-4-27-21(25)23(22(26)28-5-2)18(16-13-11-15(3)12-14-16)19(23)20(24)17-9-7-6-8-10-17/h6-14,18-19H,4-5H2,1-3H3. The number of benzene rings is 2. The Hall–Kier alpha value is -2.95. The monoisotopic (exact) mass is 380 g/mol. The first-order chi connectivity index (χ1) is 13.5. The molecule has 0 radical (unpaired) electrons. The molecule has 1 fully saturated rings. The zero-order chi connectivity index (χ0) is 20.3. The second-order valence-corrected chi connectivity index (χ2v) is 6.91. The minimum atomic E-state index is -1.64. The number of esters is 2. The summed E-state index contributed by atoms with van der Waals surface area (Å²) < 4.78 is 10.5. The van der Waals surface area contributed by atoms with Crippen molar-refractivity contribution in [1.29, 1.82) is 0 Å². The van der Waals surface area contributed by atoms with E-state index in [-0.39, 0.29) is 19.0 Å². The molecule has 0 spiro atoms. The Morgan fingerprint density at radius 1 is 0.857 bits per heavy atom. The predicted molar refractivity (Wildman–Crippen MR) is 104 cm³/mol. The largest absolute Gasteiger partial charge is 0.465 e. The summed E-state index contributed by atoms with van der Waals surface area (Å²) in [5, 5.41) is 0. The fourth-order valence-corrected chi connectivity index (χ4v) is 3.85. The van der Waals surface area contributed by atoms with E-state index in [0.29, 0.717) is 5.56 Å². The van der Waals surface area contributed by atoms with Gasteiger partial charge in [-0.3, -0.25) is 14.4 Å². The molecule has 146 valence electrons. The van der Waals surface area contributed by atoms with Crippen molar-refractivity contribution >= 4 is 17.7 Å². The molecular formula is C23H24O5. The highest BCUT2D eigenvalue weighted by Crippen LogP contribution is 2.67. The zero-order valence-corrected chi connectivity index (χ0v) is 16.3. The van der Waals surface area contributed by atoms with Gasteiger partial charge in [-0.25, -0.2) is 0 Å². The average Bonchev–Trinajstić information content (AvgIpc) is 3.40. The Kier molecular flexibility index (Phi) is 5.63. The summed E-state index contributed by atoms with van der Waals surface area (Å²) in [4.78, 5) is 39.2. The molecule has 1 aliphatic carbocycles. The number of ketones is 1. The van der Waals surface area contributed by atoms with E-state index in [1.54, 1.807) is 38.1 Å². The molecule has 0 N–H and O–H groups in total. The summed E-state index contributed by atoms with van der Waals surface area (Å²) in [7, 11) is 0. The summed E-state index contributed by atoms with van der Waals surface area (Å²) in [6, 6.07) is 16.2. The molecule has 5 nitrogen and oxygen atoms in total. The third-order valence-electron chi connectivity index (χ3n) is 5.21. The molecule has 0 bridgehead atoms. The van der Waals surface area contributed by atoms with Gasteiger partial charge in [-0.1, -0.05) is 60.2 Å². The van der Waals surface area contributed by atoms with Gasteiger partial charge in [0.25, 0.3) is 0 Å². The van der Waals surface area contributed by atoms with E-state index in [4.69, 9.17) is 9.47 Å². The van der Waals surface area contributed by atoms with Crippen LogP contribution in [0.4, 0.5) is 0 Å². The van der Waals surface area contributed by atoms with Crippen LogP contribution in [0.2, 0.25) is 0 Å². The van der Waals surface area contributed by atoms with Crippen LogP contribution < -0.4 is 0 Å². The molecule has 2 atom stereocenters. The van der Waals surface area contributed by atoms with E-state index in [1.807, 2.05) is 37.3 Å². The number of hydrogen-bond donors (Lipinski definition) is 0. The van der Waals surface area contributed by atoms with E-state index in [9.17, 15) is 14.4 Å². The zero-order valence-electron chi connectivity index (χ0n) is 16.3. The smallest absolute Gasteiger partial charge is 0.324 e. The highest BCUT2D eigenvalue weighted by Gasteiger charge is 2.79. The van der Waals surface area contributed by atoms with Crippen LogP contribution in [0.25, 0.3) is 0 Å². The molecule has 2 aromatic rings. The molecule has 28 heavy (non-hydrogen) atoms. The van der Waals surface area contributed by atoms with Crippen LogP contribution in [0.3, 0.4) is 0 Å². The molecule has 1 aliphatic rings. The van der Waals surface area contributed by atoms with Gasteiger partial charge in [0.05, 0.1) is 19.1 Å². The molecule has 3 rings (SSSR count). The first-order valence-electron chi connectivity index (χ1n) is 9.48. The topological polar surface area (TPSA) is 69.7 Å². The molecule has 5 heteroatoms. The number of Topliss-reactive ketones (excluding diaryl/α,β-unsaturated/α-hetero) is 1. The van der Waals surface area contributed by atoms with Gasteiger partial charge < -0.3 is 9.47 Å². The highest BCUT2D eigenvalue weighted by molar-refractivity contribution is 6.16. The molecule has 0 aliphatic heterocycles. The summed E-state index contributed by atoms with van der Waals surface area (Å²) >= 11 is 0. The second-order valence-electron chi connectivity index (χ2n) is 6.91. The lowest BCUT2D eigenvalue weighted by atomic mass is 9.97. The summed E-state index contributed by atoms with van der Waals surface area (Å²) in [5.74, 6) is -3.12. The first kappa shape index (κ1) is 19.8. The maximum Gasteiger partial charge on any atom is 0.324 e.